The van der Waals surface area contributed by atoms with E-state index in [1.165, 1.54) is 11.1 Å². The molecule has 4 aromatic rings. The van der Waals surface area contributed by atoms with Gasteiger partial charge in [-0.2, -0.15) is 0 Å². The molecule has 0 aliphatic rings. The van der Waals surface area contributed by atoms with E-state index < -0.39 is 0 Å². The van der Waals surface area contributed by atoms with Crippen molar-refractivity contribution in [3.8, 4) is 16.9 Å². The summed E-state index contributed by atoms with van der Waals surface area (Å²) in [7, 11) is 0. The predicted octanol–water partition coefficient (Wildman–Crippen LogP) is 1.19. The molecule has 130 valence electrons. The maximum Gasteiger partial charge on any atom is 0.204 e. The van der Waals surface area contributed by atoms with Crippen molar-refractivity contribution in [3.63, 3.8) is 0 Å². The molecule has 0 saturated carbocycles. The van der Waals surface area contributed by atoms with Crippen molar-refractivity contribution >= 4 is 0 Å². The molecule has 4 heteroatoms. The molecule has 0 N–H and O–H groups in total. The second kappa shape index (κ2) is 8.11. The van der Waals surface area contributed by atoms with Gasteiger partial charge in [0.2, 0.25) is 5.69 Å². The summed E-state index contributed by atoms with van der Waals surface area (Å²) in [6.45, 7) is 2.85. The number of hydrogen-bond acceptors (Lipinski definition) is 1. The van der Waals surface area contributed by atoms with Crippen molar-refractivity contribution in [1.82, 2.24) is 9.90 Å². The molecule has 3 nitrogen and oxygen atoms in total. The third-order valence-corrected chi connectivity index (χ3v) is 4.24. The maximum absolute atomic E-state index is 4.82. The highest BCUT2D eigenvalue weighted by Gasteiger charge is 2.19. The zero-order valence-corrected chi connectivity index (χ0v) is 16.2. The molecule has 4 rings (SSSR count). The number of nitrogens with zero attached hydrogens (tertiary/aromatic N) is 3. The molecule has 0 atom stereocenters. The Morgan fingerprint density at radius 3 is 2.08 bits per heavy atom. The van der Waals surface area contributed by atoms with E-state index >= 15 is 0 Å². The minimum absolute atomic E-state index is 0. The molecule has 0 aliphatic carbocycles. The first-order valence-corrected chi connectivity index (χ1v) is 8.46. The number of rotatable bonds is 4. The first kappa shape index (κ1) is 18.1. The van der Waals surface area contributed by atoms with Gasteiger partial charge in [-0.3, -0.25) is 0 Å². The number of benzene rings is 3. The smallest absolute Gasteiger partial charge is 0.204 e. The van der Waals surface area contributed by atoms with E-state index in [4.69, 9.17) is 5.21 Å². The first-order valence-electron chi connectivity index (χ1n) is 8.46. The minimum Gasteiger partial charge on any atom is -1.00 e. The fourth-order valence-electron chi connectivity index (χ4n) is 2.91. The van der Waals surface area contributed by atoms with E-state index in [0.717, 1.165) is 23.5 Å². The van der Waals surface area contributed by atoms with Crippen LogP contribution in [0.2, 0.25) is 0 Å². The van der Waals surface area contributed by atoms with Crippen LogP contribution in [0, 0.1) is 6.92 Å². The zero-order chi connectivity index (χ0) is 17.1. The van der Waals surface area contributed by atoms with Crippen molar-refractivity contribution < 1.29 is 21.7 Å². The SMILES string of the molecule is Cc1ccc(-n2n[n+](Cc3ccccc3)cc2-c2ccccc2)cc1.[Br-]. The molecule has 26 heavy (non-hydrogen) atoms. The van der Waals surface area contributed by atoms with Crippen LogP contribution in [0.15, 0.2) is 91.1 Å². The Morgan fingerprint density at radius 1 is 0.808 bits per heavy atom. The summed E-state index contributed by atoms with van der Waals surface area (Å²) in [6.07, 6.45) is 2.11. The van der Waals surface area contributed by atoms with Crippen molar-refractivity contribution in [2.45, 2.75) is 13.5 Å². The van der Waals surface area contributed by atoms with Crippen molar-refractivity contribution in [2.24, 2.45) is 0 Å². The molecule has 0 fully saturated rings. The van der Waals surface area contributed by atoms with Crippen LogP contribution < -0.4 is 21.7 Å². The van der Waals surface area contributed by atoms with Crippen molar-refractivity contribution in [3.05, 3.63) is 102 Å². The monoisotopic (exact) mass is 405 g/mol. The largest absolute Gasteiger partial charge is 1.00 e. The van der Waals surface area contributed by atoms with Gasteiger partial charge in [0.25, 0.3) is 0 Å². The van der Waals surface area contributed by atoms with Crippen LogP contribution in [0.3, 0.4) is 0 Å². The van der Waals surface area contributed by atoms with E-state index in [2.05, 4.69) is 85.9 Å². The summed E-state index contributed by atoms with van der Waals surface area (Å²) < 4.78 is 4.01. The Hall–Kier alpha value is -2.72. The topological polar surface area (TPSA) is 21.7 Å². The van der Waals surface area contributed by atoms with E-state index in [-0.39, 0.29) is 17.0 Å². The molecule has 3 aromatic carbocycles. The molecule has 0 saturated heterocycles. The summed E-state index contributed by atoms with van der Waals surface area (Å²) >= 11 is 0. The third-order valence-electron chi connectivity index (χ3n) is 4.24. The van der Waals surface area contributed by atoms with Crippen LogP contribution in [-0.4, -0.2) is 9.90 Å². The van der Waals surface area contributed by atoms with Gasteiger partial charge in [-0.05, 0) is 24.6 Å². The van der Waals surface area contributed by atoms with Gasteiger partial charge in [0.05, 0.1) is 5.21 Å². The standard InChI is InChI=1S/C22H20N3.BrH/c1-18-12-14-21(15-13-18)25-22(20-10-6-3-7-11-20)17-24(23-25)16-19-8-4-2-5-9-19;/h2-15,17H,16H2,1H3;1H/q+1;/p-1. The van der Waals surface area contributed by atoms with Gasteiger partial charge < -0.3 is 17.0 Å². The fraction of sp³-hybridized carbons (Fsp3) is 0.0909. The lowest BCUT2D eigenvalue weighted by Gasteiger charge is -1.99. The number of aryl methyl sites for hydroxylation is 1. The zero-order valence-electron chi connectivity index (χ0n) is 14.6. The van der Waals surface area contributed by atoms with Crippen LogP contribution in [0.4, 0.5) is 0 Å². The third kappa shape index (κ3) is 3.92. The van der Waals surface area contributed by atoms with Gasteiger partial charge in [-0.15, -0.1) is 4.68 Å². The van der Waals surface area contributed by atoms with Gasteiger partial charge in [0.15, 0.2) is 11.9 Å². The maximum atomic E-state index is 4.82. The van der Waals surface area contributed by atoms with Crippen LogP contribution >= 0.6 is 0 Å². The van der Waals surface area contributed by atoms with Crippen molar-refractivity contribution in [1.29, 1.82) is 0 Å². The van der Waals surface area contributed by atoms with Crippen molar-refractivity contribution in [2.75, 3.05) is 0 Å². The molecule has 0 bridgehead atoms. The highest BCUT2D eigenvalue weighted by Crippen LogP contribution is 2.21. The summed E-state index contributed by atoms with van der Waals surface area (Å²) in [5, 5.41) is 4.82. The average molecular weight is 406 g/mol. The van der Waals surface area contributed by atoms with E-state index in [0.29, 0.717) is 0 Å². The van der Waals surface area contributed by atoms with Gasteiger partial charge in [-0.1, -0.05) is 83.0 Å². The molecule has 1 aromatic heterocycles. The van der Waals surface area contributed by atoms with Gasteiger partial charge in [0, 0.05) is 5.56 Å². The van der Waals surface area contributed by atoms with Gasteiger partial charge in [-0.25, -0.2) is 0 Å². The molecule has 0 aliphatic heterocycles. The normalized spacial score (nSPS) is 10.3. The summed E-state index contributed by atoms with van der Waals surface area (Å²) in [4.78, 5) is 0. The molecular formula is C22H20BrN3. The fourth-order valence-corrected chi connectivity index (χ4v) is 2.91. The van der Waals surface area contributed by atoms with Crippen LogP contribution in [0.25, 0.3) is 16.9 Å². The van der Waals surface area contributed by atoms with E-state index in [9.17, 15) is 0 Å². The Morgan fingerprint density at radius 2 is 1.42 bits per heavy atom. The van der Waals surface area contributed by atoms with Gasteiger partial charge >= 0.3 is 0 Å². The number of halogens is 1. The lowest BCUT2D eigenvalue weighted by Crippen LogP contribution is -3.00. The minimum atomic E-state index is 0. The lowest BCUT2D eigenvalue weighted by molar-refractivity contribution is -0.746. The Balaban J connectivity index is 0.00000196. The second-order valence-electron chi connectivity index (χ2n) is 6.20. The molecule has 0 radical (unpaired) electrons. The summed E-state index contributed by atoms with van der Waals surface area (Å²) in [5.74, 6) is 0. The number of aromatic nitrogens is 3. The molecule has 0 unspecified atom stereocenters. The Labute approximate surface area is 164 Å². The highest BCUT2D eigenvalue weighted by molar-refractivity contribution is 5.60. The Bertz CT molecular complexity index is 961. The average Bonchev–Trinajstić information content (AvgIpc) is 3.08. The van der Waals surface area contributed by atoms with Gasteiger partial charge in [0.1, 0.15) is 6.54 Å². The van der Waals surface area contributed by atoms with E-state index in [1.54, 1.807) is 0 Å². The van der Waals surface area contributed by atoms with Crippen LogP contribution in [0.1, 0.15) is 11.1 Å². The highest BCUT2D eigenvalue weighted by atomic mass is 79.9. The molecular weight excluding hydrogens is 386 g/mol. The summed E-state index contributed by atoms with van der Waals surface area (Å²) in [5.41, 5.74) is 5.79. The second-order valence-corrected chi connectivity index (χ2v) is 6.20. The quantitative estimate of drug-likeness (QED) is 0.467. The molecule has 0 amide bonds. The van der Waals surface area contributed by atoms with E-state index in [1.807, 2.05) is 21.5 Å². The predicted molar refractivity (Wildman–Crippen MR) is 99.5 cm³/mol. The first-order chi connectivity index (χ1) is 12.3. The molecule has 1 heterocycles. The Kier molecular flexibility index (Phi) is 5.64. The number of hydrogen-bond donors (Lipinski definition) is 0. The van der Waals surface area contributed by atoms with Crippen LogP contribution in [0.5, 0.6) is 0 Å². The lowest BCUT2D eigenvalue weighted by atomic mass is 10.1. The molecule has 0 spiro atoms. The summed E-state index contributed by atoms with van der Waals surface area (Å²) in [6, 6.07) is 29.3. The van der Waals surface area contributed by atoms with Crippen LogP contribution in [-0.2, 0) is 6.54 Å².